The predicted molar refractivity (Wildman–Crippen MR) is 106 cm³/mol. The molecule has 2 aliphatic rings. The highest BCUT2D eigenvalue weighted by Crippen LogP contribution is 2.19. The summed E-state index contributed by atoms with van der Waals surface area (Å²) in [5.41, 5.74) is 6.13. The number of thiazole rings is 1. The van der Waals surface area contributed by atoms with Crippen LogP contribution in [0.4, 0.5) is 5.13 Å². The second kappa shape index (κ2) is 9.63. The molecule has 2 fully saturated rings. The number of rotatable bonds is 4. The predicted octanol–water partition coefficient (Wildman–Crippen LogP) is 2.16. The van der Waals surface area contributed by atoms with Gasteiger partial charge in [-0.1, -0.05) is 0 Å². The third-order valence-corrected chi connectivity index (χ3v) is 5.12. The number of aromatic nitrogens is 1. The fourth-order valence-electron chi connectivity index (χ4n) is 2.96. The normalized spacial score (nSPS) is 22.8. The SMILES string of the molecule is I.NC(=NCCC1CCCCO1)N1CCN(c2nccs2)CC1. The first-order valence-electron chi connectivity index (χ1n) is 8.14. The zero-order chi connectivity index (χ0) is 15.2. The number of halogens is 1. The summed E-state index contributed by atoms with van der Waals surface area (Å²) in [5, 5.41) is 3.12. The lowest BCUT2D eigenvalue weighted by Gasteiger charge is -2.35. The minimum atomic E-state index is 0. The molecule has 0 saturated carbocycles. The van der Waals surface area contributed by atoms with Crippen LogP contribution >= 0.6 is 35.3 Å². The third-order valence-electron chi connectivity index (χ3n) is 4.29. The van der Waals surface area contributed by atoms with Gasteiger partial charge in [-0.15, -0.1) is 35.3 Å². The number of ether oxygens (including phenoxy) is 1. The molecule has 23 heavy (non-hydrogen) atoms. The number of piperazine rings is 1. The topological polar surface area (TPSA) is 67.0 Å². The average molecular weight is 451 g/mol. The Morgan fingerprint density at radius 3 is 2.83 bits per heavy atom. The van der Waals surface area contributed by atoms with E-state index in [1.54, 1.807) is 11.3 Å². The van der Waals surface area contributed by atoms with Crippen LogP contribution in [0.3, 0.4) is 0 Å². The maximum Gasteiger partial charge on any atom is 0.191 e. The molecule has 2 saturated heterocycles. The van der Waals surface area contributed by atoms with Gasteiger partial charge in [0.15, 0.2) is 11.1 Å². The Labute approximate surface area is 159 Å². The van der Waals surface area contributed by atoms with Gasteiger partial charge in [0.1, 0.15) is 0 Å². The van der Waals surface area contributed by atoms with Gasteiger partial charge in [0, 0.05) is 50.9 Å². The molecular formula is C15H26IN5OS. The van der Waals surface area contributed by atoms with E-state index < -0.39 is 0 Å². The van der Waals surface area contributed by atoms with Crippen molar-refractivity contribution in [2.75, 3.05) is 44.2 Å². The summed E-state index contributed by atoms with van der Waals surface area (Å²) < 4.78 is 5.72. The lowest BCUT2D eigenvalue weighted by Crippen LogP contribution is -2.51. The Morgan fingerprint density at radius 1 is 1.35 bits per heavy atom. The monoisotopic (exact) mass is 451 g/mol. The second-order valence-electron chi connectivity index (χ2n) is 5.81. The van der Waals surface area contributed by atoms with Gasteiger partial charge in [0.2, 0.25) is 0 Å². The smallest absolute Gasteiger partial charge is 0.191 e. The van der Waals surface area contributed by atoms with E-state index in [9.17, 15) is 0 Å². The van der Waals surface area contributed by atoms with Gasteiger partial charge in [0.25, 0.3) is 0 Å². The van der Waals surface area contributed by atoms with Crippen molar-refractivity contribution in [3.63, 3.8) is 0 Å². The van der Waals surface area contributed by atoms with Crippen molar-refractivity contribution < 1.29 is 4.74 Å². The van der Waals surface area contributed by atoms with E-state index in [-0.39, 0.29) is 24.0 Å². The molecule has 0 radical (unpaired) electrons. The molecule has 1 atom stereocenters. The van der Waals surface area contributed by atoms with E-state index in [0.717, 1.165) is 50.9 Å². The minimum Gasteiger partial charge on any atom is -0.378 e. The molecule has 8 heteroatoms. The molecule has 1 aromatic rings. The van der Waals surface area contributed by atoms with Crippen LogP contribution in [0.5, 0.6) is 0 Å². The van der Waals surface area contributed by atoms with Gasteiger partial charge in [-0.2, -0.15) is 0 Å². The molecule has 1 unspecified atom stereocenters. The Kier molecular flexibility index (Phi) is 7.84. The van der Waals surface area contributed by atoms with Crippen LogP contribution < -0.4 is 10.6 Å². The average Bonchev–Trinajstić information content (AvgIpc) is 3.10. The first-order chi connectivity index (χ1) is 10.8. The summed E-state index contributed by atoms with van der Waals surface area (Å²) >= 11 is 1.69. The van der Waals surface area contributed by atoms with Crippen LogP contribution in [0.2, 0.25) is 0 Å². The summed E-state index contributed by atoms with van der Waals surface area (Å²) in [6, 6.07) is 0. The number of hydrogen-bond donors (Lipinski definition) is 1. The molecular weight excluding hydrogens is 425 g/mol. The maximum absolute atomic E-state index is 6.13. The second-order valence-corrected chi connectivity index (χ2v) is 6.68. The van der Waals surface area contributed by atoms with E-state index in [2.05, 4.69) is 19.8 Å². The molecule has 6 nitrogen and oxygen atoms in total. The van der Waals surface area contributed by atoms with Crippen molar-refractivity contribution in [1.29, 1.82) is 0 Å². The maximum atomic E-state index is 6.13. The van der Waals surface area contributed by atoms with Crippen molar-refractivity contribution in [1.82, 2.24) is 9.88 Å². The fraction of sp³-hybridized carbons (Fsp3) is 0.733. The third kappa shape index (κ3) is 5.46. The number of guanidine groups is 1. The van der Waals surface area contributed by atoms with Crippen molar-refractivity contribution >= 4 is 46.4 Å². The zero-order valence-electron chi connectivity index (χ0n) is 13.4. The van der Waals surface area contributed by atoms with Crippen LogP contribution in [-0.4, -0.2) is 61.3 Å². The highest BCUT2D eigenvalue weighted by atomic mass is 127. The lowest BCUT2D eigenvalue weighted by atomic mass is 10.1. The Bertz CT molecular complexity index is 470. The molecule has 3 heterocycles. The minimum absolute atomic E-state index is 0. The summed E-state index contributed by atoms with van der Waals surface area (Å²) in [6.07, 6.45) is 6.87. The van der Waals surface area contributed by atoms with E-state index in [1.165, 1.54) is 19.3 Å². The van der Waals surface area contributed by atoms with E-state index in [0.29, 0.717) is 12.1 Å². The van der Waals surface area contributed by atoms with Crippen molar-refractivity contribution in [3.05, 3.63) is 11.6 Å². The molecule has 1 aromatic heterocycles. The summed E-state index contributed by atoms with van der Waals surface area (Å²) in [7, 11) is 0. The van der Waals surface area contributed by atoms with Crippen molar-refractivity contribution in [3.8, 4) is 0 Å². The molecule has 0 aromatic carbocycles. The highest BCUT2D eigenvalue weighted by Gasteiger charge is 2.20. The summed E-state index contributed by atoms with van der Waals surface area (Å²) in [4.78, 5) is 13.4. The van der Waals surface area contributed by atoms with E-state index in [1.807, 2.05) is 11.6 Å². The number of anilines is 1. The molecule has 0 bridgehead atoms. The van der Waals surface area contributed by atoms with E-state index in [4.69, 9.17) is 10.5 Å². The van der Waals surface area contributed by atoms with Gasteiger partial charge in [-0.25, -0.2) is 4.98 Å². The zero-order valence-corrected chi connectivity index (χ0v) is 16.5. The van der Waals surface area contributed by atoms with Crippen molar-refractivity contribution in [2.45, 2.75) is 31.8 Å². The van der Waals surface area contributed by atoms with Gasteiger partial charge in [0.05, 0.1) is 6.10 Å². The molecule has 2 N–H and O–H groups in total. The quantitative estimate of drug-likeness (QED) is 0.432. The summed E-state index contributed by atoms with van der Waals surface area (Å²) in [5.74, 6) is 0.676. The van der Waals surface area contributed by atoms with Gasteiger partial charge in [-0.3, -0.25) is 4.99 Å². The van der Waals surface area contributed by atoms with Crippen LogP contribution in [0.15, 0.2) is 16.6 Å². The van der Waals surface area contributed by atoms with Gasteiger partial charge in [-0.05, 0) is 25.7 Å². The molecule has 0 aliphatic carbocycles. The molecule has 2 aliphatic heterocycles. The molecule has 0 spiro atoms. The lowest BCUT2D eigenvalue weighted by molar-refractivity contribution is 0.0129. The van der Waals surface area contributed by atoms with Gasteiger partial charge < -0.3 is 20.3 Å². The summed E-state index contributed by atoms with van der Waals surface area (Å²) in [6.45, 7) is 5.40. The molecule has 0 amide bonds. The largest absolute Gasteiger partial charge is 0.378 e. The Morgan fingerprint density at radius 2 is 2.17 bits per heavy atom. The number of hydrogen-bond acceptors (Lipinski definition) is 5. The number of nitrogens with two attached hydrogens (primary N) is 1. The van der Waals surface area contributed by atoms with Crippen LogP contribution in [0.1, 0.15) is 25.7 Å². The van der Waals surface area contributed by atoms with Gasteiger partial charge >= 0.3 is 0 Å². The first-order valence-corrected chi connectivity index (χ1v) is 9.02. The van der Waals surface area contributed by atoms with Crippen LogP contribution in [0, 0.1) is 0 Å². The Balaban J connectivity index is 0.00000192. The standard InChI is InChI=1S/C15H25N5OS.HI/c16-14(17-5-4-13-3-1-2-11-21-13)19-7-9-20(10-8-19)15-18-6-12-22-15;/h6,12-13H,1-5,7-11H2,(H2,16,17);1H. The first kappa shape index (κ1) is 18.7. The van der Waals surface area contributed by atoms with Crippen LogP contribution in [-0.2, 0) is 4.74 Å². The van der Waals surface area contributed by atoms with E-state index >= 15 is 0 Å². The number of nitrogens with zero attached hydrogens (tertiary/aromatic N) is 4. The molecule has 130 valence electrons. The molecule has 3 rings (SSSR count). The van der Waals surface area contributed by atoms with Crippen LogP contribution in [0.25, 0.3) is 0 Å². The number of aliphatic imine (C=N–C) groups is 1. The Hall–Kier alpha value is -0.610. The van der Waals surface area contributed by atoms with Crippen molar-refractivity contribution in [2.24, 2.45) is 10.7 Å². The highest BCUT2D eigenvalue weighted by molar-refractivity contribution is 14.0. The fourth-order valence-corrected chi connectivity index (χ4v) is 3.65.